The third-order valence-electron chi connectivity index (χ3n) is 3.07. The third-order valence-corrected chi connectivity index (χ3v) is 3.07. The minimum atomic E-state index is -0.254. The predicted molar refractivity (Wildman–Crippen MR) is 55.6 cm³/mol. The Bertz CT molecular complexity index is 275. The zero-order valence-corrected chi connectivity index (χ0v) is 8.74. The number of nitrogens with one attached hydrogen (secondary N) is 1. The van der Waals surface area contributed by atoms with Crippen molar-refractivity contribution in [2.24, 2.45) is 5.92 Å². The molecule has 0 bridgehead atoms. The van der Waals surface area contributed by atoms with E-state index in [9.17, 15) is 9.59 Å². The van der Waals surface area contributed by atoms with E-state index in [1.54, 1.807) is 0 Å². The number of carbonyl (C=O) groups is 2. The summed E-state index contributed by atoms with van der Waals surface area (Å²) in [6.07, 6.45) is 8.87. The Kier molecular flexibility index (Phi) is 3.16. The highest BCUT2D eigenvalue weighted by Crippen LogP contribution is 2.22. The van der Waals surface area contributed by atoms with Crippen LogP contribution in [0.3, 0.4) is 0 Å². The quantitative estimate of drug-likeness (QED) is 0.704. The maximum atomic E-state index is 11.2. The second-order valence-electron chi connectivity index (χ2n) is 4.21. The summed E-state index contributed by atoms with van der Waals surface area (Å²) in [6.45, 7) is 0.735. The Morgan fingerprint density at radius 3 is 2.33 bits per heavy atom. The Morgan fingerprint density at radius 2 is 1.73 bits per heavy atom. The van der Waals surface area contributed by atoms with E-state index in [1.807, 2.05) is 0 Å². The van der Waals surface area contributed by atoms with Crippen LogP contribution in [-0.4, -0.2) is 23.4 Å². The molecule has 2 rings (SSSR count). The molecule has 2 aliphatic rings. The number of amides is 2. The molecule has 1 N–H and O–H groups in total. The number of rotatable bonds is 3. The summed E-state index contributed by atoms with van der Waals surface area (Å²) >= 11 is 0. The summed E-state index contributed by atoms with van der Waals surface area (Å²) in [6, 6.07) is 0. The van der Waals surface area contributed by atoms with Gasteiger partial charge in [-0.2, -0.15) is 0 Å². The Morgan fingerprint density at radius 1 is 1.13 bits per heavy atom. The fraction of sp³-hybridized carbons (Fsp3) is 0.636. The van der Waals surface area contributed by atoms with Crippen LogP contribution in [0, 0.1) is 5.92 Å². The van der Waals surface area contributed by atoms with Crippen LogP contribution in [0.1, 0.15) is 32.1 Å². The molecule has 1 heterocycles. The van der Waals surface area contributed by atoms with E-state index in [1.165, 1.54) is 44.3 Å². The van der Waals surface area contributed by atoms with Gasteiger partial charge < -0.3 is 0 Å². The highest BCUT2D eigenvalue weighted by Gasteiger charge is 2.24. The first-order chi connectivity index (χ1) is 7.27. The molecule has 1 aliphatic heterocycles. The van der Waals surface area contributed by atoms with Gasteiger partial charge in [-0.3, -0.25) is 9.59 Å². The van der Waals surface area contributed by atoms with Crippen molar-refractivity contribution in [2.75, 3.05) is 6.54 Å². The smallest absolute Gasteiger partial charge is 0.268 e. The van der Waals surface area contributed by atoms with E-state index in [-0.39, 0.29) is 11.8 Å². The van der Waals surface area contributed by atoms with E-state index in [0.29, 0.717) is 5.92 Å². The molecule has 4 nitrogen and oxygen atoms in total. The third kappa shape index (κ3) is 2.45. The molecule has 4 heteroatoms. The maximum Gasteiger partial charge on any atom is 0.268 e. The molecule has 0 aromatic carbocycles. The first kappa shape index (κ1) is 10.4. The summed E-state index contributed by atoms with van der Waals surface area (Å²) in [5.41, 5.74) is 2.92. The molecule has 0 unspecified atom stereocenters. The zero-order chi connectivity index (χ0) is 10.7. The van der Waals surface area contributed by atoms with Crippen molar-refractivity contribution in [3.8, 4) is 0 Å². The van der Waals surface area contributed by atoms with E-state index < -0.39 is 0 Å². The maximum absolute atomic E-state index is 11.2. The molecule has 15 heavy (non-hydrogen) atoms. The summed E-state index contributed by atoms with van der Waals surface area (Å²) in [4.78, 5) is 22.4. The molecular weight excluding hydrogens is 192 g/mol. The first-order valence-corrected chi connectivity index (χ1v) is 5.57. The zero-order valence-electron chi connectivity index (χ0n) is 8.74. The SMILES string of the molecule is O=C1C=CC(=O)N1NCC1CCCCC1. The molecule has 0 atom stereocenters. The minimum absolute atomic E-state index is 0.254. The summed E-state index contributed by atoms with van der Waals surface area (Å²) in [5.74, 6) is 0.103. The number of imide groups is 1. The van der Waals surface area contributed by atoms with Gasteiger partial charge in [0.15, 0.2) is 0 Å². The van der Waals surface area contributed by atoms with Gasteiger partial charge in [0.05, 0.1) is 0 Å². The molecule has 0 radical (unpaired) electrons. The second-order valence-corrected chi connectivity index (χ2v) is 4.21. The summed E-state index contributed by atoms with van der Waals surface area (Å²) < 4.78 is 0. The number of hydrogen-bond donors (Lipinski definition) is 1. The minimum Gasteiger partial charge on any atom is -0.268 e. The molecule has 82 valence electrons. The van der Waals surface area contributed by atoms with E-state index in [4.69, 9.17) is 0 Å². The normalized spacial score (nSPS) is 22.8. The standard InChI is InChI=1S/C11H16N2O2/c14-10-6-7-11(15)13(10)12-8-9-4-2-1-3-5-9/h6-7,9,12H,1-5,8H2. The van der Waals surface area contributed by atoms with Gasteiger partial charge in [0.2, 0.25) is 0 Å². The molecule has 2 amide bonds. The van der Waals surface area contributed by atoms with Crippen molar-refractivity contribution >= 4 is 11.8 Å². The lowest BCUT2D eigenvalue weighted by Gasteiger charge is -2.24. The molecular formula is C11H16N2O2. The average molecular weight is 208 g/mol. The molecule has 0 aromatic rings. The Labute approximate surface area is 89.3 Å². The molecule has 0 saturated heterocycles. The van der Waals surface area contributed by atoms with E-state index >= 15 is 0 Å². The molecule has 1 aliphatic carbocycles. The van der Waals surface area contributed by atoms with Gasteiger partial charge in [-0.1, -0.05) is 19.3 Å². The van der Waals surface area contributed by atoms with Crippen LogP contribution < -0.4 is 5.43 Å². The lowest BCUT2D eigenvalue weighted by atomic mass is 9.89. The predicted octanol–water partition coefficient (Wildman–Crippen LogP) is 0.996. The highest BCUT2D eigenvalue weighted by molar-refractivity contribution is 6.12. The molecule has 0 spiro atoms. The van der Waals surface area contributed by atoms with Crippen LogP contribution in [0.4, 0.5) is 0 Å². The second kappa shape index (κ2) is 4.57. The van der Waals surface area contributed by atoms with Crippen LogP contribution >= 0.6 is 0 Å². The fourth-order valence-electron chi connectivity index (χ4n) is 2.17. The van der Waals surface area contributed by atoms with Crippen molar-refractivity contribution in [2.45, 2.75) is 32.1 Å². The van der Waals surface area contributed by atoms with Gasteiger partial charge in [0, 0.05) is 18.7 Å². The van der Waals surface area contributed by atoms with Crippen molar-refractivity contribution in [1.29, 1.82) is 0 Å². The Hall–Kier alpha value is -1.16. The Balaban J connectivity index is 1.77. The van der Waals surface area contributed by atoms with Crippen LogP contribution in [0.5, 0.6) is 0 Å². The van der Waals surface area contributed by atoms with Crippen LogP contribution in [0.15, 0.2) is 12.2 Å². The van der Waals surface area contributed by atoms with Gasteiger partial charge in [-0.05, 0) is 18.8 Å². The largest absolute Gasteiger partial charge is 0.268 e. The summed E-state index contributed by atoms with van der Waals surface area (Å²) in [5, 5.41) is 1.11. The first-order valence-electron chi connectivity index (χ1n) is 5.57. The van der Waals surface area contributed by atoms with Gasteiger partial charge in [-0.25, -0.2) is 10.4 Å². The van der Waals surface area contributed by atoms with Crippen molar-refractivity contribution in [1.82, 2.24) is 10.4 Å². The summed E-state index contributed by atoms with van der Waals surface area (Å²) in [7, 11) is 0. The van der Waals surface area contributed by atoms with Crippen molar-refractivity contribution in [3.05, 3.63) is 12.2 Å². The number of nitrogens with zero attached hydrogens (tertiary/aromatic N) is 1. The fourth-order valence-corrected chi connectivity index (χ4v) is 2.17. The van der Waals surface area contributed by atoms with Crippen LogP contribution in [-0.2, 0) is 9.59 Å². The lowest BCUT2D eigenvalue weighted by Crippen LogP contribution is -2.44. The van der Waals surface area contributed by atoms with Crippen LogP contribution in [0.25, 0.3) is 0 Å². The molecule has 1 fully saturated rings. The van der Waals surface area contributed by atoms with E-state index in [2.05, 4.69) is 5.43 Å². The monoisotopic (exact) mass is 208 g/mol. The van der Waals surface area contributed by atoms with Gasteiger partial charge in [0.1, 0.15) is 0 Å². The number of carbonyl (C=O) groups excluding carboxylic acids is 2. The van der Waals surface area contributed by atoms with Crippen molar-refractivity contribution < 1.29 is 9.59 Å². The molecule has 1 saturated carbocycles. The van der Waals surface area contributed by atoms with Gasteiger partial charge in [-0.15, -0.1) is 0 Å². The molecule has 0 aromatic heterocycles. The highest BCUT2D eigenvalue weighted by atomic mass is 16.2. The topological polar surface area (TPSA) is 49.4 Å². The van der Waals surface area contributed by atoms with Crippen molar-refractivity contribution in [3.63, 3.8) is 0 Å². The van der Waals surface area contributed by atoms with E-state index in [0.717, 1.165) is 11.6 Å². The number of hydrogen-bond acceptors (Lipinski definition) is 3. The lowest BCUT2D eigenvalue weighted by molar-refractivity contribution is -0.140. The van der Waals surface area contributed by atoms with Crippen LogP contribution in [0.2, 0.25) is 0 Å². The van der Waals surface area contributed by atoms with Gasteiger partial charge >= 0.3 is 0 Å². The van der Waals surface area contributed by atoms with Gasteiger partial charge in [0.25, 0.3) is 11.8 Å². The number of hydrazine groups is 1. The average Bonchev–Trinajstić information content (AvgIpc) is 2.58.